The van der Waals surface area contributed by atoms with Crippen LogP contribution in [0.1, 0.15) is 23.8 Å². The maximum absolute atomic E-state index is 6.06. The van der Waals surface area contributed by atoms with Crippen LogP contribution in [0, 0.1) is 6.92 Å². The zero-order chi connectivity index (χ0) is 14.8. The van der Waals surface area contributed by atoms with E-state index in [1.54, 1.807) is 6.20 Å². The normalized spacial score (nSPS) is 19.7. The van der Waals surface area contributed by atoms with Gasteiger partial charge in [0.2, 0.25) is 5.89 Å². The van der Waals surface area contributed by atoms with Crippen molar-refractivity contribution in [3.05, 3.63) is 27.9 Å². The molecule has 1 fully saturated rings. The molecule has 114 valence electrons. The summed E-state index contributed by atoms with van der Waals surface area (Å²) in [6.07, 6.45) is 2.90. The molecule has 0 bridgehead atoms. The van der Waals surface area contributed by atoms with Crippen molar-refractivity contribution in [2.75, 3.05) is 20.1 Å². The first kappa shape index (κ1) is 14.9. The van der Waals surface area contributed by atoms with Crippen LogP contribution in [0.5, 0.6) is 0 Å². The number of likely N-dealkylation sites (N-methyl/N-ethyl adjacent to an activating group) is 1. The number of aryl methyl sites for hydroxylation is 1. The van der Waals surface area contributed by atoms with E-state index in [-0.39, 0.29) is 0 Å². The number of hydrogen-bond donors (Lipinski definition) is 0. The molecule has 0 amide bonds. The molecule has 3 heterocycles. The van der Waals surface area contributed by atoms with Crippen molar-refractivity contribution >= 4 is 23.1 Å². The lowest BCUT2D eigenvalue weighted by Gasteiger charge is -2.23. The van der Waals surface area contributed by atoms with E-state index in [4.69, 9.17) is 16.0 Å². The predicted molar refractivity (Wildman–Crippen MR) is 81.3 cm³/mol. The SMILES string of the molecule is Cc1cnc(CN(C)C2CCN(Cc3nnsc3Cl)C2)o1. The van der Waals surface area contributed by atoms with Crippen molar-refractivity contribution in [1.82, 2.24) is 24.4 Å². The fourth-order valence-corrected chi connectivity index (χ4v) is 3.25. The Labute approximate surface area is 132 Å². The average Bonchev–Trinajstić information content (AvgIpc) is 3.14. The molecule has 0 spiro atoms. The molecule has 0 aliphatic carbocycles. The first-order valence-electron chi connectivity index (χ1n) is 6.92. The van der Waals surface area contributed by atoms with Gasteiger partial charge in [-0.1, -0.05) is 16.1 Å². The van der Waals surface area contributed by atoms with Crippen molar-refractivity contribution in [2.45, 2.75) is 32.5 Å². The Morgan fingerprint density at radius 3 is 3.10 bits per heavy atom. The number of rotatable bonds is 5. The highest BCUT2D eigenvalue weighted by Gasteiger charge is 2.27. The summed E-state index contributed by atoms with van der Waals surface area (Å²) < 4.78 is 10.1. The Morgan fingerprint density at radius 1 is 1.57 bits per heavy atom. The Hall–Kier alpha value is -1.02. The van der Waals surface area contributed by atoms with Gasteiger partial charge in [-0.25, -0.2) is 4.98 Å². The lowest BCUT2D eigenvalue weighted by atomic mass is 10.2. The van der Waals surface area contributed by atoms with Crippen molar-refractivity contribution in [3.63, 3.8) is 0 Å². The molecule has 2 aromatic rings. The van der Waals surface area contributed by atoms with Gasteiger partial charge in [-0.2, -0.15) is 0 Å². The van der Waals surface area contributed by atoms with E-state index >= 15 is 0 Å². The maximum atomic E-state index is 6.06. The molecular formula is C13H18ClN5OS. The zero-order valence-corrected chi connectivity index (χ0v) is 13.7. The van der Waals surface area contributed by atoms with Crippen LogP contribution in [-0.2, 0) is 13.1 Å². The number of hydrogen-bond acceptors (Lipinski definition) is 7. The van der Waals surface area contributed by atoms with E-state index in [1.165, 1.54) is 11.5 Å². The molecule has 21 heavy (non-hydrogen) atoms. The number of oxazole rings is 1. The summed E-state index contributed by atoms with van der Waals surface area (Å²) in [7, 11) is 2.12. The van der Waals surface area contributed by atoms with Gasteiger partial charge in [0.15, 0.2) is 0 Å². The Balaban J connectivity index is 1.53. The molecule has 0 radical (unpaired) electrons. The largest absolute Gasteiger partial charge is 0.445 e. The summed E-state index contributed by atoms with van der Waals surface area (Å²) in [5.74, 6) is 1.64. The van der Waals surface area contributed by atoms with Crippen LogP contribution in [0.2, 0.25) is 4.34 Å². The smallest absolute Gasteiger partial charge is 0.208 e. The molecule has 0 aromatic carbocycles. The van der Waals surface area contributed by atoms with Crippen molar-refractivity contribution < 1.29 is 4.42 Å². The summed E-state index contributed by atoms with van der Waals surface area (Å²) in [5, 5.41) is 4.08. The van der Waals surface area contributed by atoms with Crippen LogP contribution in [-0.4, -0.2) is 50.5 Å². The van der Waals surface area contributed by atoms with Crippen LogP contribution < -0.4 is 0 Å². The third-order valence-corrected chi connectivity index (χ3v) is 4.79. The van der Waals surface area contributed by atoms with E-state index in [2.05, 4.69) is 31.4 Å². The Kier molecular flexibility index (Phi) is 4.54. The first-order chi connectivity index (χ1) is 10.1. The average molecular weight is 328 g/mol. The monoisotopic (exact) mass is 327 g/mol. The van der Waals surface area contributed by atoms with Crippen molar-refractivity contribution in [2.24, 2.45) is 0 Å². The molecule has 3 rings (SSSR count). The van der Waals surface area contributed by atoms with E-state index < -0.39 is 0 Å². The second-order valence-electron chi connectivity index (χ2n) is 5.45. The van der Waals surface area contributed by atoms with E-state index in [0.29, 0.717) is 10.4 Å². The minimum atomic E-state index is 0.502. The second kappa shape index (κ2) is 6.39. The highest BCUT2D eigenvalue weighted by atomic mass is 35.5. The summed E-state index contributed by atoms with van der Waals surface area (Å²) in [4.78, 5) is 8.93. The van der Waals surface area contributed by atoms with Crippen LogP contribution >= 0.6 is 23.1 Å². The molecule has 1 aliphatic rings. The molecule has 1 saturated heterocycles. The molecule has 1 unspecified atom stereocenters. The van der Waals surface area contributed by atoms with Gasteiger partial charge in [0.1, 0.15) is 15.8 Å². The molecule has 6 nitrogen and oxygen atoms in total. The lowest BCUT2D eigenvalue weighted by Crippen LogP contribution is -2.34. The fraction of sp³-hybridized carbons (Fsp3) is 0.615. The summed E-state index contributed by atoms with van der Waals surface area (Å²) in [6, 6.07) is 0.502. The van der Waals surface area contributed by atoms with Crippen LogP contribution in [0.4, 0.5) is 0 Å². The Bertz CT molecular complexity index is 601. The summed E-state index contributed by atoms with van der Waals surface area (Å²) >= 11 is 7.31. The molecule has 8 heteroatoms. The fourth-order valence-electron chi connectivity index (χ4n) is 2.64. The van der Waals surface area contributed by atoms with Gasteiger partial charge in [0.05, 0.1) is 12.7 Å². The molecule has 1 aliphatic heterocycles. The van der Waals surface area contributed by atoms with Crippen molar-refractivity contribution in [1.29, 1.82) is 0 Å². The van der Waals surface area contributed by atoms with Crippen molar-refractivity contribution in [3.8, 4) is 0 Å². The maximum Gasteiger partial charge on any atom is 0.208 e. The van der Waals surface area contributed by atoms with Gasteiger partial charge in [0, 0.05) is 37.2 Å². The summed E-state index contributed by atoms with van der Waals surface area (Å²) in [6.45, 7) is 5.49. The second-order valence-corrected chi connectivity index (χ2v) is 6.81. The first-order valence-corrected chi connectivity index (χ1v) is 8.07. The molecule has 0 saturated carbocycles. The third kappa shape index (κ3) is 3.60. The summed E-state index contributed by atoms with van der Waals surface area (Å²) in [5.41, 5.74) is 0.883. The minimum Gasteiger partial charge on any atom is -0.445 e. The van der Waals surface area contributed by atoms with Crippen LogP contribution in [0.25, 0.3) is 0 Å². The van der Waals surface area contributed by atoms with E-state index in [0.717, 1.165) is 49.9 Å². The topological polar surface area (TPSA) is 58.3 Å². The van der Waals surface area contributed by atoms with Crippen LogP contribution in [0.15, 0.2) is 10.6 Å². The number of nitrogens with zero attached hydrogens (tertiary/aromatic N) is 5. The van der Waals surface area contributed by atoms with Gasteiger partial charge in [0.25, 0.3) is 0 Å². The van der Waals surface area contributed by atoms with Gasteiger partial charge >= 0.3 is 0 Å². The van der Waals surface area contributed by atoms with Gasteiger partial charge < -0.3 is 4.42 Å². The van der Waals surface area contributed by atoms with E-state index in [9.17, 15) is 0 Å². The molecule has 1 atom stereocenters. The molecule has 0 N–H and O–H groups in total. The Morgan fingerprint density at radius 2 is 2.43 bits per heavy atom. The van der Waals surface area contributed by atoms with Gasteiger partial charge in [-0.3, -0.25) is 9.80 Å². The third-order valence-electron chi connectivity index (χ3n) is 3.81. The van der Waals surface area contributed by atoms with E-state index in [1.807, 2.05) is 6.92 Å². The zero-order valence-electron chi connectivity index (χ0n) is 12.1. The highest BCUT2D eigenvalue weighted by Crippen LogP contribution is 2.23. The molecule has 2 aromatic heterocycles. The number of likely N-dealkylation sites (tertiary alicyclic amines) is 1. The van der Waals surface area contributed by atoms with Gasteiger partial charge in [-0.15, -0.1) is 5.10 Å². The van der Waals surface area contributed by atoms with Gasteiger partial charge in [-0.05, 0) is 20.4 Å². The lowest BCUT2D eigenvalue weighted by molar-refractivity contribution is 0.204. The molecular weight excluding hydrogens is 310 g/mol. The van der Waals surface area contributed by atoms with Crippen LogP contribution in [0.3, 0.4) is 0 Å². The number of halogens is 1. The standard InChI is InChI=1S/C13H18ClN5OS/c1-9-5-15-12(20-9)8-18(2)10-3-4-19(6-10)7-11-13(14)21-17-16-11/h5,10H,3-4,6-8H2,1-2H3. The predicted octanol–water partition coefficient (Wildman–Crippen LogP) is 2.19. The number of aromatic nitrogens is 3. The minimum absolute atomic E-state index is 0.502. The highest BCUT2D eigenvalue weighted by molar-refractivity contribution is 7.10. The quantitative estimate of drug-likeness (QED) is 0.839.